The molecule has 0 bridgehead atoms. The van der Waals surface area contributed by atoms with Gasteiger partial charge in [0.1, 0.15) is 16.4 Å². The number of hydrogen-bond acceptors (Lipinski definition) is 7. The van der Waals surface area contributed by atoms with Crippen LogP contribution < -0.4 is 8.92 Å². The van der Waals surface area contributed by atoms with Gasteiger partial charge in [-0.05, 0) is 67.5 Å². The molecule has 1 heterocycles. The first kappa shape index (κ1) is 23.8. The maximum Gasteiger partial charge on any atom is 0.339 e. The van der Waals surface area contributed by atoms with Crippen molar-refractivity contribution in [3.8, 4) is 11.5 Å². The molecule has 3 rings (SSSR count). The Hall–Kier alpha value is -2.88. The number of rotatable bonds is 10. The van der Waals surface area contributed by atoms with Crippen molar-refractivity contribution in [2.45, 2.75) is 11.4 Å². The highest BCUT2D eigenvalue weighted by Crippen LogP contribution is 2.22. The summed E-state index contributed by atoms with van der Waals surface area (Å²) in [5, 5.41) is 1.88. The third-order valence-corrected chi connectivity index (χ3v) is 6.81. The summed E-state index contributed by atoms with van der Waals surface area (Å²) in [6.45, 7) is 1.72. The largest absolute Gasteiger partial charge is 0.497 e. The van der Waals surface area contributed by atoms with E-state index < -0.39 is 10.1 Å². The summed E-state index contributed by atoms with van der Waals surface area (Å²) in [5.74, 6) is 0.738. The second-order valence-electron chi connectivity index (χ2n) is 7.36. The molecule has 2 aromatic carbocycles. The van der Waals surface area contributed by atoms with E-state index in [1.165, 1.54) is 30.6 Å². The van der Waals surface area contributed by atoms with E-state index in [0.29, 0.717) is 23.7 Å². The maximum atomic E-state index is 12.9. The van der Waals surface area contributed by atoms with Gasteiger partial charge in [0, 0.05) is 19.6 Å². The molecular weight excluding hydrogens is 448 g/mol. The van der Waals surface area contributed by atoms with Crippen molar-refractivity contribution in [3.63, 3.8) is 0 Å². The van der Waals surface area contributed by atoms with E-state index in [9.17, 15) is 13.2 Å². The van der Waals surface area contributed by atoms with Crippen LogP contribution in [0.4, 0.5) is 0 Å². The molecule has 7 nitrogen and oxygen atoms in total. The number of carbonyl (C=O) groups excluding carboxylic acids is 1. The Bertz CT molecular complexity index is 1110. The molecule has 0 aliphatic rings. The highest BCUT2D eigenvalue weighted by molar-refractivity contribution is 7.87. The smallest absolute Gasteiger partial charge is 0.339 e. The fourth-order valence-electron chi connectivity index (χ4n) is 2.92. The van der Waals surface area contributed by atoms with Crippen molar-refractivity contribution in [2.75, 3.05) is 34.3 Å². The summed E-state index contributed by atoms with van der Waals surface area (Å²) in [4.78, 5) is 17.4. The van der Waals surface area contributed by atoms with Crippen molar-refractivity contribution in [3.05, 3.63) is 76.5 Å². The van der Waals surface area contributed by atoms with E-state index >= 15 is 0 Å². The minimum atomic E-state index is -3.96. The van der Waals surface area contributed by atoms with Gasteiger partial charge in [-0.25, -0.2) is 0 Å². The molecular formula is C23H26N2O5S2. The molecule has 0 unspecified atom stereocenters. The molecule has 3 aromatic rings. The summed E-state index contributed by atoms with van der Waals surface area (Å²) in [5.41, 5.74) is 0.878. The summed E-state index contributed by atoms with van der Waals surface area (Å²) in [6, 6.07) is 16.4. The minimum Gasteiger partial charge on any atom is -0.497 e. The number of hydrogen-bond donors (Lipinski definition) is 0. The van der Waals surface area contributed by atoms with Crippen LogP contribution in [0.5, 0.6) is 11.5 Å². The zero-order valence-corrected chi connectivity index (χ0v) is 19.9. The summed E-state index contributed by atoms with van der Waals surface area (Å²) in [6.07, 6.45) is 0. The number of thiophene rings is 1. The third-order valence-electron chi connectivity index (χ3n) is 4.69. The Morgan fingerprint density at radius 3 is 2.16 bits per heavy atom. The number of amides is 1. The zero-order valence-electron chi connectivity index (χ0n) is 18.2. The fraction of sp³-hybridized carbons (Fsp3) is 0.261. The van der Waals surface area contributed by atoms with Crippen LogP contribution in [0.15, 0.2) is 70.9 Å². The van der Waals surface area contributed by atoms with Gasteiger partial charge >= 0.3 is 10.1 Å². The summed E-state index contributed by atoms with van der Waals surface area (Å²) in [7, 11) is 1.47. The lowest BCUT2D eigenvalue weighted by Gasteiger charge is -2.24. The van der Waals surface area contributed by atoms with Crippen molar-refractivity contribution < 1.29 is 22.1 Å². The molecule has 0 atom stereocenters. The fourth-order valence-corrected chi connectivity index (χ4v) is 4.54. The van der Waals surface area contributed by atoms with Crippen molar-refractivity contribution >= 4 is 27.4 Å². The van der Waals surface area contributed by atoms with E-state index in [1.54, 1.807) is 41.3 Å². The zero-order chi connectivity index (χ0) is 23.1. The van der Waals surface area contributed by atoms with Crippen LogP contribution in [0.3, 0.4) is 0 Å². The number of ether oxygens (including phenoxy) is 1. The summed E-state index contributed by atoms with van der Waals surface area (Å²) >= 11 is 1.41. The first-order valence-electron chi connectivity index (χ1n) is 9.93. The second-order valence-corrected chi connectivity index (χ2v) is 9.86. The van der Waals surface area contributed by atoms with Crippen LogP contribution in [0.1, 0.15) is 15.2 Å². The van der Waals surface area contributed by atoms with Gasteiger partial charge in [-0.3, -0.25) is 4.79 Å². The van der Waals surface area contributed by atoms with Crippen molar-refractivity contribution in [1.29, 1.82) is 0 Å². The highest BCUT2D eigenvalue weighted by Gasteiger charge is 2.19. The van der Waals surface area contributed by atoms with Gasteiger partial charge in [0.2, 0.25) is 0 Å². The molecule has 0 aliphatic heterocycles. The second kappa shape index (κ2) is 10.6. The average Bonchev–Trinajstić information content (AvgIpc) is 3.32. The molecule has 1 aromatic heterocycles. The van der Waals surface area contributed by atoms with E-state index in [0.717, 1.165) is 12.1 Å². The van der Waals surface area contributed by atoms with E-state index in [-0.39, 0.29) is 16.6 Å². The van der Waals surface area contributed by atoms with E-state index in [2.05, 4.69) is 0 Å². The van der Waals surface area contributed by atoms with Crippen LogP contribution in [-0.4, -0.2) is 58.4 Å². The van der Waals surface area contributed by atoms with Crippen molar-refractivity contribution in [1.82, 2.24) is 9.80 Å². The molecule has 32 heavy (non-hydrogen) atoms. The maximum absolute atomic E-state index is 12.9. The molecule has 170 valence electrons. The van der Waals surface area contributed by atoms with Gasteiger partial charge in [-0.2, -0.15) is 8.42 Å². The molecule has 0 radical (unpaired) electrons. The first-order chi connectivity index (χ1) is 15.3. The first-order valence-corrected chi connectivity index (χ1v) is 12.2. The highest BCUT2D eigenvalue weighted by atomic mass is 32.2. The quantitative estimate of drug-likeness (QED) is 0.417. The van der Waals surface area contributed by atoms with Gasteiger partial charge in [-0.1, -0.05) is 18.2 Å². The Labute approximate surface area is 192 Å². The molecule has 0 aliphatic carbocycles. The molecule has 9 heteroatoms. The number of nitrogens with zero attached hydrogens (tertiary/aromatic N) is 2. The lowest BCUT2D eigenvalue weighted by atomic mass is 10.2. The molecule has 0 saturated carbocycles. The topological polar surface area (TPSA) is 76.2 Å². The van der Waals surface area contributed by atoms with Gasteiger partial charge in [0.15, 0.2) is 0 Å². The minimum absolute atomic E-state index is 0.0238. The van der Waals surface area contributed by atoms with Gasteiger partial charge in [0.05, 0.1) is 12.0 Å². The standard InChI is InChI=1S/C23H26N2O5S2/c1-24(2)14-15-25(23(26)22-5-4-16-31-22)17-18-6-8-20(9-7-18)30-32(27,28)21-12-10-19(29-3)11-13-21/h4-13,16H,14-15,17H2,1-3H3. The predicted octanol–water partition coefficient (Wildman–Crippen LogP) is 3.73. The average molecular weight is 475 g/mol. The molecule has 0 spiro atoms. The SMILES string of the molecule is COc1ccc(S(=O)(=O)Oc2ccc(CN(CCN(C)C)C(=O)c3cccs3)cc2)cc1. The lowest BCUT2D eigenvalue weighted by molar-refractivity contribution is 0.0737. The van der Waals surface area contributed by atoms with Crippen LogP contribution in [0.25, 0.3) is 0 Å². The molecule has 0 N–H and O–H groups in total. The Morgan fingerprint density at radius 1 is 0.938 bits per heavy atom. The van der Waals surface area contributed by atoms with Crippen LogP contribution in [-0.2, 0) is 16.7 Å². The van der Waals surface area contributed by atoms with Gasteiger partial charge < -0.3 is 18.7 Å². The van der Waals surface area contributed by atoms with Gasteiger partial charge in [-0.15, -0.1) is 11.3 Å². The predicted molar refractivity (Wildman–Crippen MR) is 125 cm³/mol. The van der Waals surface area contributed by atoms with E-state index in [1.807, 2.05) is 36.5 Å². The molecule has 0 fully saturated rings. The lowest BCUT2D eigenvalue weighted by Crippen LogP contribution is -2.35. The number of methoxy groups -OCH3 is 1. The Morgan fingerprint density at radius 2 is 1.59 bits per heavy atom. The Balaban J connectivity index is 1.70. The number of carbonyl (C=O) groups is 1. The van der Waals surface area contributed by atoms with Gasteiger partial charge in [0.25, 0.3) is 5.91 Å². The summed E-state index contributed by atoms with van der Waals surface area (Å²) < 4.78 is 35.3. The molecule has 1 amide bonds. The van der Waals surface area contributed by atoms with Crippen molar-refractivity contribution in [2.24, 2.45) is 0 Å². The monoisotopic (exact) mass is 474 g/mol. The van der Waals surface area contributed by atoms with Crippen LogP contribution in [0, 0.1) is 0 Å². The van der Waals surface area contributed by atoms with Crippen LogP contribution in [0.2, 0.25) is 0 Å². The molecule has 0 saturated heterocycles. The normalized spacial score (nSPS) is 11.4. The van der Waals surface area contributed by atoms with E-state index in [4.69, 9.17) is 8.92 Å². The third kappa shape index (κ3) is 6.32. The Kier molecular flexibility index (Phi) is 7.89. The van der Waals surface area contributed by atoms with Crippen LogP contribution >= 0.6 is 11.3 Å². The number of likely N-dealkylation sites (N-methyl/N-ethyl adjacent to an activating group) is 1. The number of benzene rings is 2.